The number of nitrogens with two attached hydrogens (primary N) is 1. The molecule has 1 aromatic rings. The summed E-state index contributed by atoms with van der Waals surface area (Å²) < 4.78 is 37.6. The average molecular weight is 244 g/mol. The second kappa shape index (κ2) is 4.43. The van der Waals surface area contributed by atoms with Crippen molar-refractivity contribution in [1.82, 2.24) is 0 Å². The van der Waals surface area contributed by atoms with Crippen molar-refractivity contribution in [1.29, 1.82) is 5.26 Å². The van der Waals surface area contributed by atoms with Crippen LogP contribution in [0.3, 0.4) is 0 Å². The van der Waals surface area contributed by atoms with Gasteiger partial charge in [0.05, 0.1) is 16.7 Å². The number of carbonyl (C=O) groups is 1. The molecule has 1 rings (SSSR count). The van der Waals surface area contributed by atoms with Crippen molar-refractivity contribution >= 4 is 5.97 Å². The molecule has 0 saturated heterocycles. The maximum absolute atomic E-state index is 12.5. The van der Waals surface area contributed by atoms with E-state index < -0.39 is 35.4 Å². The van der Waals surface area contributed by atoms with Crippen molar-refractivity contribution in [3.05, 3.63) is 34.4 Å². The van der Waals surface area contributed by atoms with Crippen LogP contribution < -0.4 is 5.73 Å². The van der Waals surface area contributed by atoms with E-state index in [1.165, 1.54) is 6.07 Å². The van der Waals surface area contributed by atoms with Gasteiger partial charge in [0.2, 0.25) is 0 Å². The quantitative estimate of drug-likeness (QED) is 0.829. The molecule has 7 heteroatoms. The van der Waals surface area contributed by atoms with Crippen LogP contribution in [-0.2, 0) is 12.7 Å². The number of carboxylic acids is 1. The number of hydrogen-bond donors (Lipinski definition) is 2. The van der Waals surface area contributed by atoms with Crippen LogP contribution in [0.15, 0.2) is 12.1 Å². The summed E-state index contributed by atoms with van der Waals surface area (Å²) in [6.45, 7) is -0.450. The van der Waals surface area contributed by atoms with Gasteiger partial charge in [-0.1, -0.05) is 0 Å². The van der Waals surface area contributed by atoms with E-state index in [0.29, 0.717) is 6.07 Å². The van der Waals surface area contributed by atoms with Crippen molar-refractivity contribution in [3.63, 3.8) is 0 Å². The molecule has 0 radical (unpaired) electrons. The van der Waals surface area contributed by atoms with Crippen LogP contribution in [-0.4, -0.2) is 11.1 Å². The second-order valence-corrected chi connectivity index (χ2v) is 3.13. The first-order valence-corrected chi connectivity index (χ1v) is 4.39. The highest BCUT2D eigenvalue weighted by Crippen LogP contribution is 2.34. The first-order valence-electron chi connectivity index (χ1n) is 4.39. The van der Waals surface area contributed by atoms with Gasteiger partial charge in [-0.05, 0) is 17.7 Å². The fraction of sp³-hybridized carbons (Fsp3) is 0.200. The number of nitrogens with zero attached hydrogens (tertiary/aromatic N) is 1. The Bertz CT molecular complexity index is 503. The molecule has 0 bridgehead atoms. The van der Waals surface area contributed by atoms with E-state index in [0.717, 1.165) is 6.07 Å². The lowest BCUT2D eigenvalue weighted by Crippen LogP contribution is -2.15. The average Bonchev–Trinajstić information content (AvgIpc) is 2.25. The first kappa shape index (κ1) is 13.0. The summed E-state index contributed by atoms with van der Waals surface area (Å²) in [4.78, 5) is 10.8. The van der Waals surface area contributed by atoms with E-state index in [-0.39, 0.29) is 5.56 Å². The van der Waals surface area contributed by atoms with Gasteiger partial charge in [0.25, 0.3) is 0 Å². The number of rotatable bonds is 2. The number of hydrogen-bond acceptors (Lipinski definition) is 3. The molecule has 0 spiro atoms. The molecular formula is C10H7F3N2O2. The van der Waals surface area contributed by atoms with E-state index in [1.54, 1.807) is 0 Å². The molecule has 17 heavy (non-hydrogen) atoms. The predicted octanol–water partition coefficient (Wildman–Crippen LogP) is 1.73. The van der Waals surface area contributed by atoms with Gasteiger partial charge in [-0.3, -0.25) is 0 Å². The van der Waals surface area contributed by atoms with Crippen molar-refractivity contribution in [3.8, 4) is 6.07 Å². The van der Waals surface area contributed by atoms with E-state index >= 15 is 0 Å². The van der Waals surface area contributed by atoms with Gasteiger partial charge < -0.3 is 10.8 Å². The van der Waals surface area contributed by atoms with Gasteiger partial charge in [0.1, 0.15) is 6.07 Å². The summed E-state index contributed by atoms with van der Waals surface area (Å²) in [6, 6.07) is 2.72. The van der Waals surface area contributed by atoms with Crippen LogP contribution in [0.1, 0.15) is 27.0 Å². The lowest BCUT2D eigenvalue weighted by Gasteiger charge is -2.13. The molecule has 0 aliphatic carbocycles. The zero-order valence-corrected chi connectivity index (χ0v) is 8.38. The molecule has 3 N–H and O–H groups in total. The molecule has 0 atom stereocenters. The molecule has 1 aromatic carbocycles. The van der Waals surface area contributed by atoms with Crippen LogP contribution in [0.5, 0.6) is 0 Å². The standard InChI is InChI=1S/C10H7F3N2O2/c11-10(12,13)8-2-1-5(9(16)17)6(3-14)7(8)4-15/h1-2H,3,14H2,(H,16,17). The van der Waals surface area contributed by atoms with E-state index in [2.05, 4.69) is 0 Å². The fourth-order valence-corrected chi connectivity index (χ4v) is 1.42. The molecule has 0 saturated carbocycles. The molecule has 0 fully saturated rings. The molecule has 0 heterocycles. The Morgan fingerprint density at radius 3 is 2.41 bits per heavy atom. The summed E-state index contributed by atoms with van der Waals surface area (Å²) >= 11 is 0. The van der Waals surface area contributed by atoms with Gasteiger partial charge in [0, 0.05) is 6.54 Å². The number of aromatic carboxylic acids is 1. The predicted molar refractivity (Wildman–Crippen MR) is 51.0 cm³/mol. The van der Waals surface area contributed by atoms with Crippen molar-refractivity contribution in [2.24, 2.45) is 5.73 Å². The number of nitriles is 1. The number of benzene rings is 1. The number of halogens is 3. The smallest absolute Gasteiger partial charge is 0.417 e. The molecule has 90 valence electrons. The Morgan fingerprint density at radius 1 is 1.47 bits per heavy atom. The third-order valence-electron chi connectivity index (χ3n) is 2.16. The van der Waals surface area contributed by atoms with Crippen molar-refractivity contribution < 1.29 is 23.1 Å². The minimum atomic E-state index is -4.72. The zero-order valence-electron chi connectivity index (χ0n) is 8.38. The maximum atomic E-state index is 12.5. The monoisotopic (exact) mass is 244 g/mol. The minimum absolute atomic E-state index is 0.310. The third-order valence-corrected chi connectivity index (χ3v) is 2.16. The minimum Gasteiger partial charge on any atom is -0.478 e. The van der Waals surface area contributed by atoms with Gasteiger partial charge >= 0.3 is 12.1 Å². The first-order chi connectivity index (χ1) is 7.82. The molecule has 0 aliphatic rings. The van der Waals surface area contributed by atoms with Gasteiger partial charge in [0.15, 0.2) is 0 Å². The molecule has 0 unspecified atom stereocenters. The fourth-order valence-electron chi connectivity index (χ4n) is 1.42. The number of alkyl halides is 3. The van der Waals surface area contributed by atoms with Crippen LogP contribution in [0.2, 0.25) is 0 Å². The zero-order chi connectivity index (χ0) is 13.2. The highest BCUT2D eigenvalue weighted by molar-refractivity contribution is 5.90. The third kappa shape index (κ3) is 2.37. The Hall–Kier alpha value is -2.07. The highest BCUT2D eigenvalue weighted by Gasteiger charge is 2.35. The van der Waals surface area contributed by atoms with Crippen LogP contribution >= 0.6 is 0 Å². The molecule has 0 aliphatic heterocycles. The number of carboxylic acid groups (broad SMARTS) is 1. The van der Waals surface area contributed by atoms with Crippen LogP contribution in [0.4, 0.5) is 13.2 Å². The molecule has 4 nitrogen and oxygen atoms in total. The Balaban J connectivity index is 3.62. The summed E-state index contributed by atoms with van der Waals surface area (Å²) in [6.07, 6.45) is -4.72. The Labute approximate surface area is 94.1 Å². The summed E-state index contributed by atoms with van der Waals surface area (Å²) in [5, 5.41) is 17.5. The van der Waals surface area contributed by atoms with Gasteiger partial charge in [-0.15, -0.1) is 0 Å². The van der Waals surface area contributed by atoms with Crippen LogP contribution in [0.25, 0.3) is 0 Å². The maximum Gasteiger partial charge on any atom is 0.417 e. The normalized spacial score (nSPS) is 11.0. The highest BCUT2D eigenvalue weighted by atomic mass is 19.4. The van der Waals surface area contributed by atoms with E-state index in [4.69, 9.17) is 16.1 Å². The van der Waals surface area contributed by atoms with E-state index in [9.17, 15) is 18.0 Å². The SMILES string of the molecule is N#Cc1c(C(F)(F)F)ccc(C(=O)O)c1CN. The molecular weight excluding hydrogens is 237 g/mol. The second-order valence-electron chi connectivity index (χ2n) is 3.13. The van der Waals surface area contributed by atoms with Gasteiger partial charge in [-0.25, -0.2) is 4.79 Å². The van der Waals surface area contributed by atoms with Crippen LogP contribution in [0, 0.1) is 11.3 Å². The summed E-state index contributed by atoms with van der Waals surface area (Å²) in [7, 11) is 0. The largest absolute Gasteiger partial charge is 0.478 e. The summed E-state index contributed by atoms with van der Waals surface area (Å²) in [5.41, 5.74) is 2.58. The van der Waals surface area contributed by atoms with Crippen molar-refractivity contribution in [2.45, 2.75) is 12.7 Å². The van der Waals surface area contributed by atoms with Crippen molar-refractivity contribution in [2.75, 3.05) is 0 Å². The lowest BCUT2D eigenvalue weighted by molar-refractivity contribution is -0.137. The Morgan fingerprint density at radius 2 is 2.06 bits per heavy atom. The summed E-state index contributed by atoms with van der Waals surface area (Å²) in [5.74, 6) is -1.42. The Kier molecular flexibility index (Phi) is 3.39. The molecule has 0 aromatic heterocycles. The lowest BCUT2D eigenvalue weighted by atomic mass is 9.96. The molecule has 0 amide bonds. The van der Waals surface area contributed by atoms with E-state index in [1.807, 2.05) is 0 Å². The van der Waals surface area contributed by atoms with Gasteiger partial charge in [-0.2, -0.15) is 18.4 Å². The topological polar surface area (TPSA) is 87.1 Å².